The lowest BCUT2D eigenvalue weighted by Gasteiger charge is -2.35. The van der Waals surface area contributed by atoms with Crippen molar-refractivity contribution in [3.8, 4) is 0 Å². The molecule has 3 rings (SSSR count). The molecule has 0 spiro atoms. The Hall–Kier alpha value is -2.18. The van der Waals surface area contributed by atoms with Crippen LogP contribution in [0.4, 0.5) is 0 Å². The van der Waals surface area contributed by atoms with Crippen molar-refractivity contribution in [1.29, 1.82) is 0 Å². The number of aromatic nitrogens is 2. The standard InChI is InChI=1S/C15H20N4O3/c1-2-13(20)19-8-4-6-12(19)15(21)18-7-3-5-11(9-18)14-16-10-22-17-14/h2,10-12H,1,3-9H2. The zero-order valence-corrected chi connectivity index (χ0v) is 12.5. The molecule has 0 radical (unpaired) electrons. The number of nitrogens with zero attached hydrogens (tertiary/aromatic N) is 4. The molecule has 7 heteroatoms. The van der Waals surface area contributed by atoms with Gasteiger partial charge in [0.1, 0.15) is 6.04 Å². The Morgan fingerprint density at radius 3 is 2.86 bits per heavy atom. The largest absolute Gasteiger partial charge is 0.343 e. The van der Waals surface area contributed by atoms with Crippen LogP contribution in [0.25, 0.3) is 0 Å². The van der Waals surface area contributed by atoms with Crippen LogP contribution in [0.5, 0.6) is 0 Å². The lowest BCUT2D eigenvalue weighted by molar-refractivity contribution is -0.142. The monoisotopic (exact) mass is 304 g/mol. The highest BCUT2D eigenvalue weighted by Gasteiger charge is 2.37. The van der Waals surface area contributed by atoms with Gasteiger partial charge in [0.25, 0.3) is 0 Å². The second-order valence-corrected chi connectivity index (χ2v) is 5.81. The Morgan fingerprint density at radius 2 is 2.14 bits per heavy atom. The van der Waals surface area contributed by atoms with Crippen molar-refractivity contribution in [2.24, 2.45) is 0 Å². The van der Waals surface area contributed by atoms with E-state index in [-0.39, 0.29) is 23.8 Å². The van der Waals surface area contributed by atoms with E-state index in [1.54, 1.807) is 4.90 Å². The summed E-state index contributed by atoms with van der Waals surface area (Å²) < 4.78 is 4.80. The lowest BCUT2D eigenvalue weighted by Crippen LogP contribution is -2.50. The van der Waals surface area contributed by atoms with E-state index >= 15 is 0 Å². The van der Waals surface area contributed by atoms with Gasteiger partial charge in [-0.05, 0) is 31.8 Å². The topological polar surface area (TPSA) is 79.5 Å². The molecule has 0 N–H and O–H groups in total. The number of hydrogen-bond donors (Lipinski definition) is 0. The van der Waals surface area contributed by atoms with Gasteiger partial charge in [-0.2, -0.15) is 4.98 Å². The van der Waals surface area contributed by atoms with E-state index in [0.717, 1.165) is 32.2 Å². The second-order valence-electron chi connectivity index (χ2n) is 5.81. The van der Waals surface area contributed by atoms with E-state index in [9.17, 15) is 9.59 Å². The zero-order chi connectivity index (χ0) is 15.5. The van der Waals surface area contributed by atoms with Gasteiger partial charge in [0, 0.05) is 25.6 Å². The molecule has 2 atom stereocenters. The summed E-state index contributed by atoms with van der Waals surface area (Å²) in [7, 11) is 0. The molecule has 2 aliphatic rings. The van der Waals surface area contributed by atoms with Crippen LogP contribution >= 0.6 is 0 Å². The fraction of sp³-hybridized carbons (Fsp3) is 0.600. The molecule has 3 heterocycles. The SMILES string of the molecule is C=CC(=O)N1CCCC1C(=O)N1CCCC(c2ncon2)C1. The molecule has 2 amide bonds. The molecule has 0 aliphatic carbocycles. The summed E-state index contributed by atoms with van der Waals surface area (Å²) in [5, 5.41) is 3.89. The molecule has 118 valence electrons. The van der Waals surface area contributed by atoms with E-state index in [1.165, 1.54) is 12.5 Å². The number of piperidine rings is 1. The summed E-state index contributed by atoms with van der Waals surface area (Å²) in [6.07, 6.45) is 6.04. The Labute approximate surface area is 129 Å². The van der Waals surface area contributed by atoms with Crippen LogP contribution in [0.1, 0.15) is 37.4 Å². The summed E-state index contributed by atoms with van der Waals surface area (Å²) >= 11 is 0. The van der Waals surface area contributed by atoms with Crippen molar-refractivity contribution in [3.63, 3.8) is 0 Å². The van der Waals surface area contributed by atoms with Crippen LogP contribution in [-0.4, -0.2) is 57.4 Å². The third kappa shape index (κ3) is 2.75. The zero-order valence-electron chi connectivity index (χ0n) is 12.5. The minimum Gasteiger partial charge on any atom is -0.343 e. The Morgan fingerprint density at radius 1 is 1.32 bits per heavy atom. The molecule has 2 aliphatic heterocycles. The number of amides is 2. The minimum atomic E-state index is -0.352. The molecular formula is C15H20N4O3. The fourth-order valence-electron chi connectivity index (χ4n) is 3.36. The smallest absolute Gasteiger partial charge is 0.246 e. The maximum Gasteiger partial charge on any atom is 0.246 e. The van der Waals surface area contributed by atoms with Crippen LogP contribution in [0, 0.1) is 0 Å². The van der Waals surface area contributed by atoms with Crippen LogP contribution in [0.2, 0.25) is 0 Å². The number of hydrogen-bond acceptors (Lipinski definition) is 5. The highest BCUT2D eigenvalue weighted by atomic mass is 16.5. The predicted octanol–water partition coefficient (Wildman–Crippen LogP) is 0.953. The summed E-state index contributed by atoms with van der Waals surface area (Å²) in [6, 6.07) is -0.352. The van der Waals surface area contributed by atoms with Gasteiger partial charge >= 0.3 is 0 Å². The van der Waals surface area contributed by atoms with E-state index in [0.29, 0.717) is 18.9 Å². The first-order valence-corrected chi connectivity index (χ1v) is 7.69. The van der Waals surface area contributed by atoms with E-state index < -0.39 is 0 Å². The van der Waals surface area contributed by atoms with Gasteiger partial charge < -0.3 is 14.3 Å². The third-order valence-corrected chi connectivity index (χ3v) is 4.47. The van der Waals surface area contributed by atoms with Crippen molar-refractivity contribution in [1.82, 2.24) is 19.9 Å². The summed E-state index contributed by atoms with van der Waals surface area (Å²) in [5.74, 6) is 0.632. The van der Waals surface area contributed by atoms with Crippen LogP contribution in [-0.2, 0) is 9.59 Å². The van der Waals surface area contributed by atoms with Crippen molar-refractivity contribution in [2.75, 3.05) is 19.6 Å². The number of rotatable bonds is 3. The van der Waals surface area contributed by atoms with Crippen LogP contribution in [0.3, 0.4) is 0 Å². The number of likely N-dealkylation sites (tertiary alicyclic amines) is 2. The van der Waals surface area contributed by atoms with Gasteiger partial charge in [-0.3, -0.25) is 9.59 Å². The summed E-state index contributed by atoms with van der Waals surface area (Å²) in [4.78, 5) is 32.2. The molecule has 0 aromatic carbocycles. The van der Waals surface area contributed by atoms with Gasteiger partial charge in [0.2, 0.25) is 18.2 Å². The average molecular weight is 304 g/mol. The molecule has 0 saturated carbocycles. The molecule has 2 saturated heterocycles. The van der Waals surface area contributed by atoms with Gasteiger partial charge in [0.15, 0.2) is 5.82 Å². The maximum absolute atomic E-state index is 12.8. The van der Waals surface area contributed by atoms with E-state index in [2.05, 4.69) is 16.7 Å². The van der Waals surface area contributed by atoms with Gasteiger partial charge in [0.05, 0.1) is 0 Å². The third-order valence-electron chi connectivity index (χ3n) is 4.47. The lowest BCUT2D eigenvalue weighted by atomic mass is 9.96. The van der Waals surface area contributed by atoms with Crippen molar-refractivity contribution < 1.29 is 14.1 Å². The number of carbonyl (C=O) groups is 2. The quantitative estimate of drug-likeness (QED) is 0.777. The molecule has 7 nitrogen and oxygen atoms in total. The van der Waals surface area contributed by atoms with Crippen LogP contribution in [0.15, 0.2) is 23.6 Å². The Kier molecular flexibility index (Phi) is 4.22. The molecule has 1 aromatic heterocycles. The van der Waals surface area contributed by atoms with Gasteiger partial charge in [-0.25, -0.2) is 0 Å². The maximum atomic E-state index is 12.8. The molecule has 1 aromatic rings. The van der Waals surface area contributed by atoms with Crippen molar-refractivity contribution in [3.05, 3.63) is 24.9 Å². The van der Waals surface area contributed by atoms with Gasteiger partial charge in [-0.1, -0.05) is 11.7 Å². The summed E-state index contributed by atoms with van der Waals surface area (Å²) in [6.45, 7) is 5.45. The average Bonchev–Trinajstić information content (AvgIpc) is 3.24. The predicted molar refractivity (Wildman–Crippen MR) is 77.8 cm³/mol. The van der Waals surface area contributed by atoms with Crippen molar-refractivity contribution >= 4 is 11.8 Å². The molecule has 2 unspecified atom stereocenters. The molecule has 0 bridgehead atoms. The Balaban J connectivity index is 1.69. The molecule has 2 fully saturated rings. The minimum absolute atomic E-state index is 0.0286. The fourth-order valence-corrected chi connectivity index (χ4v) is 3.36. The first kappa shape index (κ1) is 14.7. The van der Waals surface area contributed by atoms with Crippen LogP contribution < -0.4 is 0 Å². The Bertz CT molecular complexity index is 557. The van der Waals surface area contributed by atoms with E-state index in [1.807, 2.05) is 4.90 Å². The summed E-state index contributed by atoms with van der Waals surface area (Å²) in [5.41, 5.74) is 0. The first-order valence-electron chi connectivity index (χ1n) is 7.69. The molecular weight excluding hydrogens is 284 g/mol. The molecule has 22 heavy (non-hydrogen) atoms. The van der Waals surface area contributed by atoms with Gasteiger partial charge in [-0.15, -0.1) is 0 Å². The first-order chi connectivity index (χ1) is 10.7. The van der Waals surface area contributed by atoms with E-state index in [4.69, 9.17) is 4.52 Å². The highest BCUT2D eigenvalue weighted by Crippen LogP contribution is 2.27. The normalized spacial score (nSPS) is 25.3. The van der Waals surface area contributed by atoms with Crippen molar-refractivity contribution in [2.45, 2.75) is 37.6 Å². The highest BCUT2D eigenvalue weighted by molar-refractivity contribution is 5.93. The second kappa shape index (κ2) is 6.29. The number of carbonyl (C=O) groups excluding carboxylic acids is 2.